The summed E-state index contributed by atoms with van der Waals surface area (Å²) in [4.78, 5) is 7.81. The molecule has 0 aliphatic carbocycles. The predicted molar refractivity (Wildman–Crippen MR) is 175 cm³/mol. The first kappa shape index (κ1) is 30.9. The Morgan fingerprint density at radius 1 is 0.707 bits per heavy atom. The summed E-state index contributed by atoms with van der Waals surface area (Å²) in [5.41, 5.74) is 4.10. The van der Waals surface area contributed by atoms with E-state index in [0.29, 0.717) is 5.13 Å². The van der Waals surface area contributed by atoms with Crippen LogP contribution >= 0.6 is 22.7 Å². The zero-order chi connectivity index (χ0) is 28.7. The summed E-state index contributed by atoms with van der Waals surface area (Å²) in [6.45, 7) is 10.2. The van der Waals surface area contributed by atoms with Crippen molar-refractivity contribution in [3.8, 4) is 0 Å². The highest BCUT2D eigenvalue weighted by atomic mass is 32.1. The van der Waals surface area contributed by atoms with Crippen molar-refractivity contribution in [1.29, 1.82) is 0 Å². The molecule has 0 radical (unpaired) electrons. The number of fused-ring (bicyclic) bond motifs is 1. The van der Waals surface area contributed by atoms with Crippen molar-refractivity contribution in [1.82, 2.24) is 4.98 Å². The third-order valence-electron chi connectivity index (χ3n) is 6.92. The van der Waals surface area contributed by atoms with Crippen LogP contribution in [0.3, 0.4) is 0 Å². The second-order valence-electron chi connectivity index (χ2n) is 9.99. The van der Waals surface area contributed by atoms with Crippen LogP contribution < -0.4 is 4.90 Å². The molecule has 0 fully saturated rings. The Balaban J connectivity index is 1.20. The lowest BCUT2D eigenvalue weighted by Gasteiger charge is -2.20. The van der Waals surface area contributed by atoms with Crippen molar-refractivity contribution in [2.45, 2.75) is 72.1 Å². The first-order valence-corrected chi connectivity index (χ1v) is 16.6. The Labute approximate surface area is 252 Å². The van der Waals surface area contributed by atoms with Gasteiger partial charge in [-0.2, -0.15) is 0 Å². The lowest BCUT2D eigenvalue weighted by Crippen LogP contribution is -2.21. The summed E-state index contributed by atoms with van der Waals surface area (Å²) < 4.78 is 6.87. The van der Waals surface area contributed by atoms with Gasteiger partial charge in [-0.05, 0) is 74.7 Å². The lowest BCUT2D eigenvalue weighted by atomic mass is 10.1. The quantitative estimate of drug-likeness (QED) is 0.0854. The van der Waals surface area contributed by atoms with Gasteiger partial charge in [-0.25, -0.2) is 4.98 Å². The van der Waals surface area contributed by atoms with E-state index in [4.69, 9.17) is 4.74 Å². The van der Waals surface area contributed by atoms with Gasteiger partial charge in [0.2, 0.25) is 5.13 Å². The molecule has 0 bridgehead atoms. The molecule has 4 aromatic rings. The molecule has 0 unspecified atom stereocenters. The molecule has 0 saturated heterocycles. The highest BCUT2D eigenvalue weighted by molar-refractivity contribution is 7.30. The van der Waals surface area contributed by atoms with Gasteiger partial charge in [-0.1, -0.05) is 80.3 Å². The lowest BCUT2D eigenvalue weighted by molar-refractivity contribution is 0.133. The smallest absolute Gasteiger partial charge is 0.231 e. The monoisotopic (exact) mass is 590 g/mol. The number of aromatic nitrogens is 1. The summed E-state index contributed by atoms with van der Waals surface area (Å²) in [5.74, 6) is 0. The Morgan fingerprint density at radius 3 is 2.05 bits per heavy atom. The molecule has 0 aliphatic rings. The van der Waals surface area contributed by atoms with E-state index in [9.17, 15) is 0 Å². The summed E-state index contributed by atoms with van der Waals surface area (Å²) in [6, 6.07) is 18.4. The first-order valence-electron chi connectivity index (χ1n) is 14.9. The Morgan fingerprint density at radius 2 is 1.37 bits per heavy atom. The molecule has 2 heterocycles. The van der Waals surface area contributed by atoms with Crippen LogP contribution in [0.15, 0.2) is 75.1 Å². The van der Waals surface area contributed by atoms with Gasteiger partial charge in [-0.3, -0.25) is 0 Å². The SMILES string of the molecule is CCCCCCCCCOCCc1ccc(N=Nc2cc3sc(N=Nc4ccc(N(CC)CC)cc4)nc3s2)cc1. The standard InChI is InChI=1S/C32H42N6OS2/c1-4-7-8-9-10-11-12-22-39-23-21-25-13-15-26(16-14-25)34-36-30-24-29-31(41-30)33-32(40-29)37-35-27-17-19-28(20-18-27)38(5-2)6-3/h13-20,24H,4-12,21-23H2,1-3H3. The fourth-order valence-electron chi connectivity index (χ4n) is 4.51. The number of ether oxygens (including phenoxy) is 1. The molecule has 0 spiro atoms. The molecule has 0 saturated carbocycles. The van der Waals surface area contributed by atoms with E-state index >= 15 is 0 Å². The predicted octanol–water partition coefficient (Wildman–Crippen LogP) is 11.3. The van der Waals surface area contributed by atoms with Gasteiger partial charge in [0.25, 0.3) is 0 Å². The molecule has 2 aromatic heterocycles. The van der Waals surface area contributed by atoms with E-state index in [-0.39, 0.29) is 0 Å². The fraction of sp³-hybridized carbons (Fsp3) is 0.469. The van der Waals surface area contributed by atoms with Crippen LogP contribution in [-0.4, -0.2) is 31.3 Å². The minimum absolute atomic E-state index is 0.643. The average molecular weight is 591 g/mol. The van der Waals surface area contributed by atoms with E-state index in [0.717, 1.165) is 58.6 Å². The number of thiophene rings is 1. The number of rotatable bonds is 18. The minimum Gasteiger partial charge on any atom is -0.381 e. The molecular weight excluding hydrogens is 549 g/mol. The molecule has 0 N–H and O–H groups in total. The number of benzene rings is 2. The van der Waals surface area contributed by atoms with E-state index in [1.54, 1.807) is 0 Å². The maximum absolute atomic E-state index is 5.83. The van der Waals surface area contributed by atoms with E-state index in [1.807, 2.05) is 30.3 Å². The number of hydrogen-bond acceptors (Lipinski definition) is 9. The molecule has 7 nitrogen and oxygen atoms in total. The maximum Gasteiger partial charge on any atom is 0.231 e. The van der Waals surface area contributed by atoms with Crippen molar-refractivity contribution in [3.05, 3.63) is 60.2 Å². The van der Waals surface area contributed by atoms with Crippen molar-refractivity contribution in [2.75, 3.05) is 31.2 Å². The fourth-order valence-corrected chi connectivity index (χ4v) is 6.36. The average Bonchev–Trinajstić information content (AvgIpc) is 3.56. The minimum atomic E-state index is 0.643. The van der Waals surface area contributed by atoms with Crippen LogP contribution in [0.25, 0.3) is 9.53 Å². The Hall–Kier alpha value is -3.01. The van der Waals surface area contributed by atoms with Crippen molar-refractivity contribution in [3.63, 3.8) is 0 Å². The molecule has 9 heteroatoms. The van der Waals surface area contributed by atoms with Crippen LogP contribution in [0.1, 0.15) is 71.3 Å². The number of thiazole rings is 1. The van der Waals surface area contributed by atoms with Gasteiger partial charge in [0.1, 0.15) is 9.83 Å². The van der Waals surface area contributed by atoms with Crippen LogP contribution in [-0.2, 0) is 11.2 Å². The molecule has 2 aromatic carbocycles. The Kier molecular flexibility index (Phi) is 12.9. The normalized spacial score (nSPS) is 11.9. The summed E-state index contributed by atoms with van der Waals surface area (Å²) in [6.07, 6.45) is 10.1. The van der Waals surface area contributed by atoms with Gasteiger partial charge in [-0.15, -0.1) is 20.5 Å². The molecule has 218 valence electrons. The van der Waals surface area contributed by atoms with Gasteiger partial charge < -0.3 is 9.64 Å². The zero-order valence-electron chi connectivity index (χ0n) is 24.6. The van der Waals surface area contributed by atoms with Crippen molar-refractivity contribution in [2.24, 2.45) is 20.5 Å². The van der Waals surface area contributed by atoms with E-state index in [1.165, 1.54) is 78.9 Å². The molecule has 4 rings (SSSR count). The number of hydrogen-bond donors (Lipinski definition) is 0. The highest BCUT2D eigenvalue weighted by Crippen LogP contribution is 2.39. The van der Waals surface area contributed by atoms with Gasteiger partial charge >= 0.3 is 0 Å². The van der Waals surface area contributed by atoms with Crippen LogP contribution in [0.4, 0.5) is 27.2 Å². The largest absolute Gasteiger partial charge is 0.381 e. The third kappa shape index (κ3) is 10.1. The molecule has 0 atom stereocenters. The van der Waals surface area contributed by atoms with E-state index in [2.05, 4.69) is 75.4 Å². The van der Waals surface area contributed by atoms with Crippen LogP contribution in [0.5, 0.6) is 0 Å². The summed E-state index contributed by atoms with van der Waals surface area (Å²) in [5, 5.41) is 19.0. The second kappa shape index (κ2) is 17.1. The zero-order valence-corrected chi connectivity index (χ0v) is 26.2. The van der Waals surface area contributed by atoms with Gasteiger partial charge in [0.05, 0.1) is 22.7 Å². The topological polar surface area (TPSA) is 74.8 Å². The molecular formula is C32H42N6OS2. The maximum atomic E-state index is 5.83. The number of unbranched alkanes of at least 4 members (excludes halogenated alkanes) is 6. The Bertz CT molecular complexity index is 1330. The molecule has 0 aliphatic heterocycles. The highest BCUT2D eigenvalue weighted by Gasteiger charge is 2.09. The number of nitrogens with zero attached hydrogens (tertiary/aromatic N) is 6. The van der Waals surface area contributed by atoms with Crippen LogP contribution in [0.2, 0.25) is 0 Å². The number of azo groups is 2. The van der Waals surface area contributed by atoms with Crippen LogP contribution in [0, 0.1) is 0 Å². The molecule has 41 heavy (non-hydrogen) atoms. The first-order chi connectivity index (χ1) is 20.2. The summed E-state index contributed by atoms with van der Waals surface area (Å²) in [7, 11) is 0. The second-order valence-corrected chi connectivity index (χ2v) is 12.0. The van der Waals surface area contributed by atoms with Crippen molar-refractivity contribution >= 4 is 59.4 Å². The van der Waals surface area contributed by atoms with Gasteiger partial charge in [0, 0.05) is 25.4 Å². The third-order valence-corrected chi connectivity index (χ3v) is 8.85. The van der Waals surface area contributed by atoms with E-state index < -0.39 is 0 Å². The number of anilines is 1. The van der Waals surface area contributed by atoms with Gasteiger partial charge in [0.15, 0.2) is 0 Å². The van der Waals surface area contributed by atoms with Crippen molar-refractivity contribution < 1.29 is 4.74 Å². The summed E-state index contributed by atoms with van der Waals surface area (Å²) >= 11 is 3.02. The molecule has 0 amide bonds.